The van der Waals surface area contributed by atoms with E-state index in [1.54, 1.807) is 23.7 Å². The molecule has 118 valence electrons. The van der Waals surface area contributed by atoms with Crippen molar-refractivity contribution in [2.45, 2.75) is 6.18 Å². The summed E-state index contributed by atoms with van der Waals surface area (Å²) in [6.07, 6.45) is -1.49. The van der Waals surface area contributed by atoms with Crippen LogP contribution in [0.1, 0.15) is 5.56 Å². The number of rotatable bonds is 3. The Morgan fingerprint density at radius 1 is 1.00 bits per heavy atom. The van der Waals surface area contributed by atoms with E-state index in [4.69, 9.17) is 0 Å². The Labute approximate surface area is 133 Å². The Kier molecular flexibility index (Phi) is 3.91. The van der Waals surface area contributed by atoms with Crippen molar-refractivity contribution < 1.29 is 18.3 Å². The van der Waals surface area contributed by atoms with Crippen LogP contribution < -0.4 is 5.32 Å². The summed E-state index contributed by atoms with van der Waals surface area (Å²) in [6.45, 7) is 0. The Hall–Kier alpha value is -2.61. The van der Waals surface area contributed by atoms with Gasteiger partial charge in [-0.25, -0.2) is 9.97 Å². The number of nitrogens with zero attached hydrogens (tertiary/aromatic N) is 2. The van der Waals surface area contributed by atoms with E-state index in [1.807, 2.05) is 0 Å². The number of anilines is 2. The fraction of sp³-hybridized carbons (Fsp3) is 0.0667. The van der Waals surface area contributed by atoms with Crippen LogP contribution in [0.2, 0.25) is 0 Å². The molecule has 0 unspecified atom stereocenters. The summed E-state index contributed by atoms with van der Waals surface area (Å²) in [7, 11) is 0. The number of pyridine rings is 1. The number of benzene rings is 1. The van der Waals surface area contributed by atoms with Crippen LogP contribution >= 0.6 is 11.3 Å². The minimum Gasteiger partial charge on any atom is -0.507 e. The molecule has 3 rings (SSSR count). The smallest absolute Gasteiger partial charge is 0.419 e. The van der Waals surface area contributed by atoms with Gasteiger partial charge < -0.3 is 10.4 Å². The number of phenols is 1. The summed E-state index contributed by atoms with van der Waals surface area (Å²) in [5.41, 5.74) is -0.189. The third-order valence-corrected chi connectivity index (χ3v) is 3.75. The maximum absolute atomic E-state index is 12.9. The summed E-state index contributed by atoms with van der Waals surface area (Å²) >= 11 is 1.38. The second-order valence-corrected chi connectivity index (χ2v) is 5.52. The van der Waals surface area contributed by atoms with Crippen LogP contribution in [0.5, 0.6) is 5.75 Å². The van der Waals surface area contributed by atoms with Gasteiger partial charge in [0.15, 0.2) is 5.13 Å². The van der Waals surface area contributed by atoms with Crippen molar-refractivity contribution in [3.05, 3.63) is 53.7 Å². The minimum absolute atomic E-state index is 0.333. The van der Waals surface area contributed by atoms with Crippen molar-refractivity contribution in [3.8, 4) is 16.9 Å². The number of thiazole rings is 1. The van der Waals surface area contributed by atoms with Crippen molar-refractivity contribution in [1.82, 2.24) is 9.97 Å². The van der Waals surface area contributed by atoms with Crippen molar-refractivity contribution in [2.75, 3.05) is 5.32 Å². The SMILES string of the molecule is Oc1ccc(-c2ccnc(Nc3nccs3)c2)cc1C(F)(F)F. The number of halogens is 3. The predicted octanol–water partition coefficient (Wildman–Crippen LogP) is 4.67. The van der Waals surface area contributed by atoms with Crippen molar-refractivity contribution in [3.63, 3.8) is 0 Å². The van der Waals surface area contributed by atoms with Gasteiger partial charge >= 0.3 is 6.18 Å². The molecule has 4 nitrogen and oxygen atoms in total. The van der Waals surface area contributed by atoms with Gasteiger partial charge in [0, 0.05) is 17.8 Å². The van der Waals surface area contributed by atoms with Gasteiger partial charge in [-0.3, -0.25) is 0 Å². The van der Waals surface area contributed by atoms with Crippen LogP contribution in [0.15, 0.2) is 48.1 Å². The lowest BCUT2D eigenvalue weighted by molar-refractivity contribution is -0.138. The summed E-state index contributed by atoms with van der Waals surface area (Å²) in [6, 6.07) is 6.59. The molecule has 0 aliphatic carbocycles. The number of hydrogen-bond acceptors (Lipinski definition) is 5. The number of alkyl halides is 3. The summed E-state index contributed by atoms with van der Waals surface area (Å²) < 4.78 is 38.7. The molecule has 0 aliphatic rings. The molecule has 0 saturated heterocycles. The molecule has 2 heterocycles. The zero-order valence-electron chi connectivity index (χ0n) is 11.5. The number of hydrogen-bond donors (Lipinski definition) is 2. The van der Waals surface area contributed by atoms with Crippen LogP contribution in [0.4, 0.5) is 24.1 Å². The van der Waals surface area contributed by atoms with E-state index < -0.39 is 17.5 Å². The molecule has 0 atom stereocenters. The van der Waals surface area contributed by atoms with E-state index in [0.29, 0.717) is 22.1 Å². The van der Waals surface area contributed by atoms with Gasteiger partial charge in [-0.15, -0.1) is 11.3 Å². The van der Waals surface area contributed by atoms with Crippen LogP contribution in [-0.2, 0) is 6.18 Å². The first kappa shape index (κ1) is 15.3. The molecular formula is C15H10F3N3OS. The third kappa shape index (κ3) is 3.42. The van der Waals surface area contributed by atoms with E-state index in [9.17, 15) is 18.3 Å². The Balaban J connectivity index is 1.96. The van der Waals surface area contributed by atoms with Crippen LogP contribution in [0.3, 0.4) is 0 Å². The quantitative estimate of drug-likeness (QED) is 0.729. The van der Waals surface area contributed by atoms with Crippen LogP contribution in [0.25, 0.3) is 11.1 Å². The molecule has 23 heavy (non-hydrogen) atoms. The number of phenolic OH excluding ortho intramolecular Hbond substituents is 1. The molecule has 0 spiro atoms. The highest BCUT2D eigenvalue weighted by atomic mass is 32.1. The first-order chi connectivity index (χ1) is 10.9. The third-order valence-electron chi connectivity index (χ3n) is 3.06. The van der Waals surface area contributed by atoms with E-state index >= 15 is 0 Å². The molecule has 2 aromatic heterocycles. The lowest BCUT2D eigenvalue weighted by Gasteiger charge is -2.11. The molecular weight excluding hydrogens is 327 g/mol. The lowest BCUT2D eigenvalue weighted by Crippen LogP contribution is -2.05. The number of aromatic nitrogens is 2. The fourth-order valence-electron chi connectivity index (χ4n) is 2.02. The Morgan fingerprint density at radius 2 is 1.78 bits per heavy atom. The topological polar surface area (TPSA) is 58.0 Å². The highest BCUT2D eigenvalue weighted by molar-refractivity contribution is 7.13. The molecule has 0 aliphatic heterocycles. The van der Waals surface area contributed by atoms with Crippen LogP contribution in [0, 0.1) is 0 Å². The molecule has 3 aromatic rings. The van der Waals surface area contributed by atoms with Crippen LogP contribution in [-0.4, -0.2) is 15.1 Å². The predicted molar refractivity (Wildman–Crippen MR) is 81.7 cm³/mol. The van der Waals surface area contributed by atoms with Gasteiger partial charge in [-0.2, -0.15) is 13.2 Å². The van der Waals surface area contributed by atoms with Gasteiger partial charge in [-0.1, -0.05) is 6.07 Å². The largest absolute Gasteiger partial charge is 0.507 e. The van der Waals surface area contributed by atoms with E-state index in [0.717, 1.165) is 12.1 Å². The maximum atomic E-state index is 12.9. The highest BCUT2D eigenvalue weighted by Gasteiger charge is 2.34. The van der Waals surface area contributed by atoms with Gasteiger partial charge in [0.1, 0.15) is 11.6 Å². The molecule has 8 heteroatoms. The molecule has 0 radical (unpaired) electrons. The second-order valence-electron chi connectivity index (χ2n) is 4.62. The van der Waals surface area contributed by atoms with Gasteiger partial charge in [0.25, 0.3) is 0 Å². The van der Waals surface area contributed by atoms with Crippen molar-refractivity contribution in [2.24, 2.45) is 0 Å². The number of aromatic hydroxyl groups is 1. The average Bonchev–Trinajstić information content (AvgIpc) is 3.00. The Morgan fingerprint density at radius 3 is 2.48 bits per heavy atom. The van der Waals surface area contributed by atoms with E-state index in [-0.39, 0.29) is 0 Å². The standard InChI is InChI=1S/C15H10F3N3OS/c16-15(17,18)11-7-9(1-2-12(11)22)10-3-4-19-13(8-10)21-14-20-5-6-23-14/h1-8,22H,(H,19,20,21). The van der Waals surface area contributed by atoms with E-state index in [2.05, 4.69) is 15.3 Å². The zero-order valence-corrected chi connectivity index (χ0v) is 12.3. The minimum atomic E-state index is -4.62. The normalized spacial score (nSPS) is 11.4. The first-order valence-electron chi connectivity index (χ1n) is 6.46. The summed E-state index contributed by atoms with van der Waals surface area (Å²) in [4.78, 5) is 8.17. The van der Waals surface area contributed by atoms with Gasteiger partial charge in [0.05, 0.1) is 5.56 Å². The van der Waals surface area contributed by atoms with Crippen molar-refractivity contribution >= 4 is 22.3 Å². The number of nitrogens with one attached hydrogen (secondary N) is 1. The monoisotopic (exact) mass is 337 g/mol. The van der Waals surface area contributed by atoms with Gasteiger partial charge in [0.2, 0.25) is 0 Å². The molecule has 2 N–H and O–H groups in total. The maximum Gasteiger partial charge on any atom is 0.419 e. The molecule has 1 aromatic carbocycles. The lowest BCUT2D eigenvalue weighted by atomic mass is 10.0. The van der Waals surface area contributed by atoms with Crippen molar-refractivity contribution in [1.29, 1.82) is 0 Å². The molecule has 0 amide bonds. The molecule has 0 saturated carbocycles. The molecule has 0 fully saturated rings. The first-order valence-corrected chi connectivity index (χ1v) is 7.34. The second kappa shape index (κ2) is 5.88. The van der Waals surface area contributed by atoms with Gasteiger partial charge in [-0.05, 0) is 35.4 Å². The molecule has 0 bridgehead atoms. The fourth-order valence-corrected chi connectivity index (χ4v) is 2.55. The summed E-state index contributed by atoms with van der Waals surface area (Å²) in [5.74, 6) is -0.324. The zero-order chi connectivity index (χ0) is 16.4. The Bertz CT molecular complexity index is 819. The van der Waals surface area contributed by atoms with E-state index in [1.165, 1.54) is 23.6 Å². The average molecular weight is 337 g/mol. The summed E-state index contributed by atoms with van der Waals surface area (Å²) in [5, 5.41) is 14.8. The highest BCUT2D eigenvalue weighted by Crippen LogP contribution is 2.38.